The molecule has 1 saturated heterocycles. The van der Waals surface area contributed by atoms with Crippen LogP contribution in [-0.2, 0) is 9.59 Å². The first kappa shape index (κ1) is 18.4. The van der Waals surface area contributed by atoms with E-state index in [2.05, 4.69) is 5.32 Å². The van der Waals surface area contributed by atoms with Crippen molar-refractivity contribution in [1.82, 2.24) is 4.90 Å². The fraction of sp³-hybridized carbons (Fsp3) is 0.550. The lowest BCUT2D eigenvalue weighted by atomic mass is 9.82. The van der Waals surface area contributed by atoms with Gasteiger partial charge in [0.05, 0.1) is 16.7 Å². The first-order valence-corrected chi connectivity index (χ1v) is 9.43. The summed E-state index contributed by atoms with van der Waals surface area (Å²) in [5, 5.41) is 12.3. The van der Waals surface area contributed by atoms with Crippen LogP contribution in [0.25, 0.3) is 0 Å². The van der Waals surface area contributed by atoms with Crippen molar-refractivity contribution in [3.63, 3.8) is 0 Å². The number of benzene rings is 1. The molecule has 2 aliphatic rings. The van der Waals surface area contributed by atoms with E-state index in [1.54, 1.807) is 24.3 Å². The van der Waals surface area contributed by atoms with Crippen LogP contribution >= 0.6 is 0 Å². The number of nitrogens with one attached hydrogen (secondary N) is 1. The number of hydrogen-bond acceptors (Lipinski definition) is 3. The van der Waals surface area contributed by atoms with Gasteiger partial charge in [-0.2, -0.15) is 0 Å². The van der Waals surface area contributed by atoms with Crippen LogP contribution in [0.5, 0.6) is 0 Å². The van der Waals surface area contributed by atoms with Crippen molar-refractivity contribution in [2.75, 3.05) is 18.4 Å². The minimum absolute atomic E-state index is 0.0471. The van der Waals surface area contributed by atoms with Crippen LogP contribution in [0.1, 0.15) is 61.7 Å². The molecule has 1 aliphatic heterocycles. The Balaban J connectivity index is 1.72. The van der Waals surface area contributed by atoms with Crippen molar-refractivity contribution < 1.29 is 19.5 Å². The van der Waals surface area contributed by atoms with Gasteiger partial charge in [-0.15, -0.1) is 0 Å². The van der Waals surface area contributed by atoms with Crippen molar-refractivity contribution in [2.45, 2.75) is 51.4 Å². The van der Waals surface area contributed by atoms with Crippen LogP contribution in [0.2, 0.25) is 0 Å². The van der Waals surface area contributed by atoms with Gasteiger partial charge in [0.25, 0.3) is 5.91 Å². The minimum Gasteiger partial charge on any atom is -0.481 e. The number of hydrogen-bond donors (Lipinski definition) is 2. The number of carboxylic acids is 1. The van der Waals surface area contributed by atoms with Gasteiger partial charge in [0.15, 0.2) is 0 Å². The molecule has 0 atom stereocenters. The number of carboxylic acid groups (broad SMARTS) is 1. The normalized spacial score (nSPS) is 19.2. The molecule has 0 unspecified atom stereocenters. The Hall–Kier alpha value is -2.37. The van der Waals surface area contributed by atoms with Gasteiger partial charge in [0.2, 0.25) is 5.91 Å². The van der Waals surface area contributed by atoms with Crippen molar-refractivity contribution in [3.05, 3.63) is 29.8 Å². The number of rotatable bonds is 5. The Bertz CT molecular complexity index is 689. The summed E-state index contributed by atoms with van der Waals surface area (Å²) < 4.78 is 0. The highest BCUT2D eigenvalue weighted by molar-refractivity contribution is 6.04. The van der Waals surface area contributed by atoms with Crippen LogP contribution in [-0.4, -0.2) is 40.9 Å². The van der Waals surface area contributed by atoms with Gasteiger partial charge in [-0.25, -0.2) is 0 Å². The molecule has 1 heterocycles. The first-order chi connectivity index (χ1) is 12.5. The number of anilines is 1. The number of amides is 2. The van der Waals surface area contributed by atoms with Crippen LogP contribution < -0.4 is 5.32 Å². The van der Waals surface area contributed by atoms with E-state index in [0.29, 0.717) is 24.1 Å². The Morgan fingerprint density at radius 3 is 2.31 bits per heavy atom. The largest absolute Gasteiger partial charge is 0.481 e. The third-order valence-corrected chi connectivity index (χ3v) is 5.59. The van der Waals surface area contributed by atoms with E-state index < -0.39 is 11.4 Å². The lowest BCUT2D eigenvalue weighted by molar-refractivity contribution is -0.150. The van der Waals surface area contributed by atoms with Gasteiger partial charge in [0, 0.05) is 19.5 Å². The lowest BCUT2D eigenvalue weighted by Gasteiger charge is -2.28. The number of carbonyl (C=O) groups excluding carboxylic acids is 2. The van der Waals surface area contributed by atoms with Crippen molar-refractivity contribution >= 4 is 23.5 Å². The standard InChI is InChI=1S/C20H26N2O4/c23-17(14-20(19(25)26)10-4-5-11-20)21-16-9-3-2-8-15(16)18(24)22-12-6-1-7-13-22/h2-3,8-9H,1,4-7,10-14H2,(H,21,23)(H,25,26). The zero-order chi connectivity index (χ0) is 18.6. The molecule has 0 radical (unpaired) electrons. The van der Waals surface area contributed by atoms with Gasteiger partial charge in [-0.05, 0) is 44.2 Å². The van der Waals surface area contributed by atoms with Crippen molar-refractivity contribution in [3.8, 4) is 0 Å². The molecular weight excluding hydrogens is 332 g/mol. The van der Waals surface area contributed by atoms with E-state index in [1.807, 2.05) is 4.90 Å². The third kappa shape index (κ3) is 3.89. The molecule has 26 heavy (non-hydrogen) atoms. The first-order valence-electron chi connectivity index (χ1n) is 9.43. The Morgan fingerprint density at radius 1 is 1.00 bits per heavy atom. The summed E-state index contributed by atoms with van der Waals surface area (Å²) in [6.45, 7) is 1.48. The molecule has 1 aliphatic carbocycles. The average molecular weight is 358 g/mol. The Morgan fingerprint density at radius 2 is 1.65 bits per heavy atom. The summed E-state index contributed by atoms with van der Waals surface area (Å²) in [4.78, 5) is 38.8. The van der Waals surface area contributed by atoms with Crippen LogP contribution in [0.15, 0.2) is 24.3 Å². The van der Waals surface area contributed by atoms with E-state index in [4.69, 9.17) is 0 Å². The molecule has 1 saturated carbocycles. The SMILES string of the molecule is O=C(CC1(C(=O)O)CCCC1)Nc1ccccc1C(=O)N1CCCCC1. The predicted molar refractivity (Wildman–Crippen MR) is 98.0 cm³/mol. The Labute approximate surface area is 153 Å². The molecule has 3 rings (SSSR count). The maximum Gasteiger partial charge on any atom is 0.310 e. The quantitative estimate of drug-likeness (QED) is 0.846. The monoisotopic (exact) mass is 358 g/mol. The van der Waals surface area contributed by atoms with E-state index in [0.717, 1.165) is 45.2 Å². The highest BCUT2D eigenvalue weighted by Crippen LogP contribution is 2.41. The molecule has 6 heteroatoms. The summed E-state index contributed by atoms with van der Waals surface area (Å²) in [6, 6.07) is 6.97. The Kier molecular flexibility index (Phi) is 5.59. The molecule has 2 N–H and O–H groups in total. The second-order valence-corrected chi connectivity index (χ2v) is 7.42. The zero-order valence-corrected chi connectivity index (χ0v) is 15.0. The third-order valence-electron chi connectivity index (χ3n) is 5.59. The maximum absolute atomic E-state index is 12.8. The number of para-hydroxylation sites is 1. The number of piperidine rings is 1. The molecule has 0 spiro atoms. The molecule has 2 amide bonds. The number of carbonyl (C=O) groups is 3. The molecule has 6 nitrogen and oxygen atoms in total. The fourth-order valence-corrected chi connectivity index (χ4v) is 4.07. The number of nitrogens with zero attached hydrogens (tertiary/aromatic N) is 1. The van der Waals surface area contributed by atoms with Crippen LogP contribution in [0.4, 0.5) is 5.69 Å². The summed E-state index contributed by atoms with van der Waals surface area (Å²) >= 11 is 0. The predicted octanol–water partition coefficient (Wildman–Crippen LogP) is 3.29. The second kappa shape index (κ2) is 7.89. The van der Waals surface area contributed by atoms with E-state index in [-0.39, 0.29) is 18.2 Å². The topological polar surface area (TPSA) is 86.7 Å². The summed E-state index contributed by atoms with van der Waals surface area (Å²) in [5.41, 5.74) is -0.0271. The smallest absolute Gasteiger partial charge is 0.310 e. The maximum atomic E-state index is 12.8. The molecule has 2 fully saturated rings. The lowest BCUT2D eigenvalue weighted by Crippen LogP contribution is -2.36. The molecule has 0 bridgehead atoms. The summed E-state index contributed by atoms with van der Waals surface area (Å²) in [5.74, 6) is -1.31. The summed E-state index contributed by atoms with van der Waals surface area (Å²) in [7, 11) is 0. The molecule has 0 aromatic heterocycles. The zero-order valence-electron chi connectivity index (χ0n) is 15.0. The highest BCUT2D eigenvalue weighted by Gasteiger charge is 2.43. The molecule has 140 valence electrons. The minimum atomic E-state index is -0.962. The van der Waals surface area contributed by atoms with Gasteiger partial charge < -0.3 is 15.3 Å². The van der Waals surface area contributed by atoms with Gasteiger partial charge in [-0.3, -0.25) is 14.4 Å². The van der Waals surface area contributed by atoms with E-state index >= 15 is 0 Å². The number of likely N-dealkylation sites (tertiary alicyclic amines) is 1. The van der Waals surface area contributed by atoms with Crippen molar-refractivity contribution in [2.24, 2.45) is 5.41 Å². The van der Waals surface area contributed by atoms with E-state index in [9.17, 15) is 19.5 Å². The molecule has 1 aromatic carbocycles. The van der Waals surface area contributed by atoms with Crippen LogP contribution in [0.3, 0.4) is 0 Å². The van der Waals surface area contributed by atoms with Gasteiger partial charge >= 0.3 is 5.97 Å². The molecule has 1 aromatic rings. The second-order valence-electron chi connectivity index (χ2n) is 7.42. The summed E-state index contributed by atoms with van der Waals surface area (Å²) in [6.07, 6.45) is 5.83. The van der Waals surface area contributed by atoms with Crippen LogP contribution in [0, 0.1) is 5.41 Å². The van der Waals surface area contributed by atoms with Gasteiger partial charge in [0.1, 0.15) is 0 Å². The molecular formula is C20H26N2O4. The van der Waals surface area contributed by atoms with Gasteiger partial charge in [-0.1, -0.05) is 25.0 Å². The van der Waals surface area contributed by atoms with Crippen molar-refractivity contribution in [1.29, 1.82) is 0 Å². The fourth-order valence-electron chi connectivity index (χ4n) is 4.07. The highest BCUT2D eigenvalue weighted by atomic mass is 16.4. The van der Waals surface area contributed by atoms with E-state index in [1.165, 1.54) is 0 Å². The average Bonchev–Trinajstić information content (AvgIpc) is 3.12. The number of aliphatic carboxylic acids is 1.